The van der Waals surface area contributed by atoms with Crippen molar-refractivity contribution in [3.8, 4) is 11.5 Å². The molecule has 20 heavy (non-hydrogen) atoms. The van der Waals surface area contributed by atoms with Gasteiger partial charge in [-0.2, -0.15) is 0 Å². The van der Waals surface area contributed by atoms with Crippen LogP contribution < -0.4 is 10.1 Å². The van der Waals surface area contributed by atoms with Gasteiger partial charge in [-0.3, -0.25) is 4.90 Å². The third kappa shape index (κ3) is 4.10. The summed E-state index contributed by atoms with van der Waals surface area (Å²) < 4.78 is 10.5. The highest BCUT2D eigenvalue weighted by molar-refractivity contribution is 5.42. The molecular formula is C15H24N2O3. The van der Waals surface area contributed by atoms with Crippen LogP contribution in [0.2, 0.25) is 0 Å². The fourth-order valence-corrected chi connectivity index (χ4v) is 2.35. The van der Waals surface area contributed by atoms with E-state index in [1.165, 1.54) is 0 Å². The number of morpholine rings is 1. The molecule has 2 N–H and O–H groups in total. The van der Waals surface area contributed by atoms with E-state index in [1.807, 2.05) is 12.1 Å². The Morgan fingerprint density at radius 2 is 2.15 bits per heavy atom. The van der Waals surface area contributed by atoms with Crippen LogP contribution in [0.3, 0.4) is 0 Å². The smallest absolute Gasteiger partial charge is 0.160 e. The van der Waals surface area contributed by atoms with Crippen LogP contribution in [0.5, 0.6) is 11.5 Å². The molecule has 1 unspecified atom stereocenters. The summed E-state index contributed by atoms with van der Waals surface area (Å²) in [5.74, 6) is 0.695. The lowest BCUT2D eigenvalue weighted by atomic mass is 10.1. The van der Waals surface area contributed by atoms with Crippen molar-refractivity contribution in [2.45, 2.75) is 13.0 Å². The van der Waals surface area contributed by atoms with E-state index < -0.39 is 0 Å². The van der Waals surface area contributed by atoms with E-state index in [1.54, 1.807) is 13.2 Å². The molecule has 0 saturated carbocycles. The summed E-state index contributed by atoms with van der Waals surface area (Å²) in [5.41, 5.74) is 1.11. The van der Waals surface area contributed by atoms with Gasteiger partial charge in [0.1, 0.15) is 0 Å². The van der Waals surface area contributed by atoms with Gasteiger partial charge in [-0.05, 0) is 24.6 Å². The highest BCUT2D eigenvalue weighted by Crippen LogP contribution is 2.28. The molecule has 1 atom stereocenters. The molecule has 0 aromatic heterocycles. The third-order valence-corrected chi connectivity index (χ3v) is 3.69. The predicted molar refractivity (Wildman–Crippen MR) is 78.3 cm³/mol. The number of aromatic hydroxyl groups is 1. The van der Waals surface area contributed by atoms with Gasteiger partial charge in [-0.25, -0.2) is 0 Å². The summed E-state index contributed by atoms with van der Waals surface area (Å²) >= 11 is 0. The van der Waals surface area contributed by atoms with Crippen LogP contribution in [0.15, 0.2) is 18.2 Å². The molecule has 1 heterocycles. The quantitative estimate of drug-likeness (QED) is 0.824. The number of methoxy groups -OCH3 is 1. The highest BCUT2D eigenvalue weighted by atomic mass is 16.5. The summed E-state index contributed by atoms with van der Waals surface area (Å²) in [6.45, 7) is 7.79. The van der Waals surface area contributed by atoms with Crippen LogP contribution in [0, 0.1) is 0 Å². The van der Waals surface area contributed by atoms with Gasteiger partial charge in [0, 0.05) is 32.2 Å². The van der Waals surface area contributed by atoms with Gasteiger partial charge in [0.05, 0.1) is 20.3 Å². The second-order valence-electron chi connectivity index (χ2n) is 5.06. The van der Waals surface area contributed by atoms with Gasteiger partial charge in [-0.15, -0.1) is 0 Å². The molecule has 0 bridgehead atoms. The maximum atomic E-state index is 9.60. The van der Waals surface area contributed by atoms with Crippen LogP contribution in [0.25, 0.3) is 0 Å². The molecule has 1 saturated heterocycles. The number of phenolic OH excluding ortho intramolecular Hbond substituents is 1. The first-order chi connectivity index (χ1) is 9.70. The molecule has 0 amide bonds. The number of nitrogens with zero attached hydrogens (tertiary/aromatic N) is 1. The van der Waals surface area contributed by atoms with Crippen LogP contribution in [0.4, 0.5) is 0 Å². The zero-order valence-electron chi connectivity index (χ0n) is 12.3. The Kier molecular flexibility index (Phi) is 5.64. The average Bonchev–Trinajstić information content (AvgIpc) is 2.48. The lowest BCUT2D eigenvalue weighted by molar-refractivity contribution is 0.0382. The lowest BCUT2D eigenvalue weighted by Crippen LogP contribution is -2.40. The molecule has 1 aliphatic heterocycles. The molecule has 0 aliphatic carbocycles. The SMILES string of the molecule is COc1cc(C(C)NCCN2CCOCC2)ccc1O. The van der Waals surface area contributed by atoms with Crippen molar-refractivity contribution in [3.05, 3.63) is 23.8 Å². The van der Waals surface area contributed by atoms with Crippen molar-refractivity contribution in [1.82, 2.24) is 10.2 Å². The molecular weight excluding hydrogens is 256 g/mol. The normalized spacial score (nSPS) is 17.9. The molecule has 0 radical (unpaired) electrons. The van der Waals surface area contributed by atoms with Gasteiger partial charge in [0.25, 0.3) is 0 Å². The summed E-state index contributed by atoms with van der Waals surface area (Å²) in [5, 5.41) is 13.1. The first-order valence-corrected chi connectivity index (χ1v) is 7.11. The van der Waals surface area contributed by atoms with E-state index in [0.717, 1.165) is 45.0 Å². The monoisotopic (exact) mass is 280 g/mol. The van der Waals surface area contributed by atoms with Crippen molar-refractivity contribution in [1.29, 1.82) is 0 Å². The van der Waals surface area contributed by atoms with Crippen molar-refractivity contribution >= 4 is 0 Å². The van der Waals surface area contributed by atoms with Crippen LogP contribution in [-0.4, -0.2) is 56.5 Å². The average molecular weight is 280 g/mol. The van der Waals surface area contributed by atoms with Gasteiger partial charge >= 0.3 is 0 Å². The Bertz CT molecular complexity index is 420. The van der Waals surface area contributed by atoms with Crippen LogP contribution in [0.1, 0.15) is 18.5 Å². The molecule has 5 heteroatoms. The zero-order valence-corrected chi connectivity index (χ0v) is 12.3. The number of rotatable bonds is 6. The number of hydrogen-bond donors (Lipinski definition) is 2. The summed E-state index contributed by atoms with van der Waals surface area (Å²) in [6.07, 6.45) is 0. The maximum absolute atomic E-state index is 9.60. The first kappa shape index (κ1) is 15.1. The van der Waals surface area contributed by atoms with E-state index in [-0.39, 0.29) is 11.8 Å². The highest BCUT2D eigenvalue weighted by Gasteiger charge is 2.12. The maximum Gasteiger partial charge on any atom is 0.160 e. The molecule has 1 aromatic rings. The summed E-state index contributed by atoms with van der Waals surface area (Å²) in [6, 6.07) is 5.70. The Morgan fingerprint density at radius 3 is 2.85 bits per heavy atom. The minimum Gasteiger partial charge on any atom is -0.504 e. The lowest BCUT2D eigenvalue weighted by Gasteiger charge is -2.27. The standard InChI is InChI=1S/C15H24N2O3/c1-12(13-3-4-14(18)15(11-13)19-2)16-5-6-17-7-9-20-10-8-17/h3-4,11-12,16,18H,5-10H2,1-2H3. The number of ether oxygens (including phenoxy) is 2. The summed E-state index contributed by atoms with van der Waals surface area (Å²) in [4.78, 5) is 2.40. The minimum atomic E-state index is 0.178. The molecule has 2 rings (SSSR count). The predicted octanol–water partition coefficient (Wildman–Crippen LogP) is 1.38. The zero-order chi connectivity index (χ0) is 14.4. The molecule has 1 aliphatic rings. The van der Waals surface area contributed by atoms with Crippen LogP contribution >= 0.6 is 0 Å². The molecule has 0 spiro atoms. The topological polar surface area (TPSA) is 54.0 Å². The first-order valence-electron chi connectivity index (χ1n) is 7.11. The third-order valence-electron chi connectivity index (χ3n) is 3.69. The number of nitrogens with one attached hydrogen (secondary N) is 1. The van der Waals surface area contributed by atoms with Gasteiger partial charge in [0.15, 0.2) is 11.5 Å². The van der Waals surface area contributed by atoms with E-state index in [4.69, 9.17) is 9.47 Å². The molecule has 112 valence electrons. The fourth-order valence-electron chi connectivity index (χ4n) is 2.35. The van der Waals surface area contributed by atoms with Gasteiger partial charge in [-0.1, -0.05) is 6.07 Å². The Labute approximate surface area is 120 Å². The Balaban J connectivity index is 1.80. The van der Waals surface area contributed by atoms with Gasteiger partial charge in [0.2, 0.25) is 0 Å². The number of phenols is 1. The summed E-state index contributed by atoms with van der Waals surface area (Å²) in [7, 11) is 1.56. The fraction of sp³-hybridized carbons (Fsp3) is 0.600. The van der Waals surface area contributed by atoms with Crippen LogP contribution in [-0.2, 0) is 4.74 Å². The van der Waals surface area contributed by atoms with Crippen molar-refractivity contribution in [3.63, 3.8) is 0 Å². The van der Waals surface area contributed by atoms with Crippen molar-refractivity contribution in [2.75, 3.05) is 46.5 Å². The second-order valence-corrected chi connectivity index (χ2v) is 5.06. The molecule has 1 fully saturated rings. The van der Waals surface area contributed by atoms with Gasteiger partial charge < -0.3 is 19.9 Å². The van der Waals surface area contributed by atoms with E-state index in [2.05, 4.69) is 17.1 Å². The van der Waals surface area contributed by atoms with Crippen molar-refractivity contribution < 1.29 is 14.6 Å². The Hall–Kier alpha value is -1.30. The number of hydrogen-bond acceptors (Lipinski definition) is 5. The number of benzene rings is 1. The van der Waals surface area contributed by atoms with E-state index >= 15 is 0 Å². The molecule has 1 aromatic carbocycles. The molecule has 5 nitrogen and oxygen atoms in total. The largest absolute Gasteiger partial charge is 0.504 e. The van der Waals surface area contributed by atoms with Crippen molar-refractivity contribution in [2.24, 2.45) is 0 Å². The van der Waals surface area contributed by atoms with E-state index in [0.29, 0.717) is 5.75 Å². The second kappa shape index (κ2) is 7.47. The Morgan fingerprint density at radius 1 is 1.40 bits per heavy atom. The van der Waals surface area contributed by atoms with E-state index in [9.17, 15) is 5.11 Å². The minimum absolute atomic E-state index is 0.178.